The fourth-order valence-corrected chi connectivity index (χ4v) is 3.26. The molecule has 1 aliphatic rings. The van der Waals surface area contributed by atoms with Crippen molar-refractivity contribution in [1.29, 1.82) is 0 Å². The number of likely N-dealkylation sites (N-methyl/N-ethyl adjacent to an activating group) is 2. The predicted octanol–water partition coefficient (Wildman–Crippen LogP) is 1.64. The monoisotopic (exact) mass is 359 g/mol. The fourth-order valence-electron chi connectivity index (χ4n) is 2.72. The predicted molar refractivity (Wildman–Crippen MR) is 92.9 cm³/mol. The topological polar surface area (TPSA) is 55.8 Å². The van der Waals surface area contributed by atoms with Crippen molar-refractivity contribution in [1.82, 2.24) is 15.1 Å². The van der Waals surface area contributed by atoms with Crippen molar-refractivity contribution in [3.05, 3.63) is 33.8 Å². The Balaban J connectivity index is 1.92. The molecule has 1 aromatic rings. The molecule has 1 atom stereocenters. The van der Waals surface area contributed by atoms with Gasteiger partial charge < -0.3 is 20.2 Å². The van der Waals surface area contributed by atoms with E-state index in [0.717, 1.165) is 13.1 Å². The summed E-state index contributed by atoms with van der Waals surface area (Å²) in [4.78, 5) is 16.7. The van der Waals surface area contributed by atoms with Gasteiger partial charge in [0.25, 0.3) is 0 Å². The number of hydrogen-bond donors (Lipinski definition) is 2. The van der Waals surface area contributed by atoms with E-state index in [1.165, 1.54) is 0 Å². The Morgan fingerprint density at radius 2 is 1.91 bits per heavy atom. The van der Waals surface area contributed by atoms with Crippen LogP contribution in [0.5, 0.6) is 0 Å². The van der Waals surface area contributed by atoms with Crippen LogP contribution in [0, 0.1) is 5.92 Å². The van der Waals surface area contributed by atoms with Crippen molar-refractivity contribution in [2.45, 2.75) is 6.10 Å². The smallest absolute Gasteiger partial charge is 0.225 e. The van der Waals surface area contributed by atoms with Crippen LogP contribution >= 0.6 is 23.2 Å². The van der Waals surface area contributed by atoms with Gasteiger partial charge in [-0.1, -0.05) is 29.3 Å². The van der Waals surface area contributed by atoms with E-state index in [9.17, 15) is 9.90 Å². The summed E-state index contributed by atoms with van der Waals surface area (Å²) < 4.78 is 0. The molecule has 5 nitrogen and oxygen atoms in total. The largest absolute Gasteiger partial charge is 0.387 e. The number of carbonyl (C=O) groups excluding carboxylic acids is 1. The Morgan fingerprint density at radius 3 is 2.48 bits per heavy atom. The van der Waals surface area contributed by atoms with E-state index in [0.29, 0.717) is 28.7 Å². The average Bonchev–Trinajstić information content (AvgIpc) is 2.66. The van der Waals surface area contributed by atoms with Gasteiger partial charge in [0, 0.05) is 48.3 Å². The zero-order valence-corrected chi connectivity index (χ0v) is 14.9. The molecule has 1 aromatic carbocycles. The van der Waals surface area contributed by atoms with Crippen LogP contribution in [0.3, 0.4) is 0 Å². The molecular weight excluding hydrogens is 337 g/mol. The fraction of sp³-hybridized carbons (Fsp3) is 0.562. The molecule has 2 N–H and O–H groups in total. The summed E-state index contributed by atoms with van der Waals surface area (Å²) >= 11 is 11.9. The molecule has 1 fully saturated rings. The summed E-state index contributed by atoms with van der Waals surface area (Å²) in [6, 6.07) is 4.93. The third-order valence-electron chi connectivity index (χ3n) is 4.09. The number of hydrogen-bond acceptors (Lipinski definition) is 4. The zero-order chi connectivity index (χ0) is 17.0. The van der Waals surface area contributed by atoms with Crippen molar-refractivity contribution in [3.63, 3.8) is 0 Å². The van der Waals surface area contributed by atoms with Crippen LogP contribution in [-0.4, -0.2) is 67.6 Å². The highest BCUT2D eigenvalue weighted by Crippen LogP contribution is 2.26. The number of carbonyl (C=O) groups is 1. The van der Waals surface area contributed by atoms with Crippen LogP contribution in [0.25, 0.3) is 0 Å². The van der Waals surface area contributed by atoms with E-state index in [-0.39, 0.29) is 18.4 Å². The molecule has 0 spiro atoms. The third-order valence-corrected chi connectivity index (χ3v) is 4.65. The number of halogens is 2. The van der Waals surface area contributed by atoms with E-state index in [1.54, 1.807) is 18.2 Å². The molecule has 0 radical (unpaired) electrons. The maximum absolute atomic E-state index is 12.4. The van der Waals surface area contributed by atoms with E-state index in [2.05, 4.69) is 15.1 Å². The van der Waals surface area contributed by atoms with Gasteiger partial charge in [-0.25, -0.2) is 0 Å². The second-order valence-corrected chi connectivity index (χ2v) is 6.99. The lowest BCUT2D eigenvalue weighted by molar-refractivity contribution is -0.126. The van der Waals surface area contributed by atoms with Crippen LogP contribution in [-0.2, 0) is 4.79 Å². The Bertz CT molecular complexity index is 544. The number of aliphatic hydroxyl groups is 1. The molecule has 1 heterocycles. The zero-order valence-electron chi connectivity index (χ0n) is 13.4. The first-order valence-electron chi connectivity index (χ1n) is 7.64. The van der Waals surface area contributed by atoms with Gasteiger partial charge in [-0.2, -0.15) is 0 Å². The summed E-state index contributed by atoms with van der Waals surface area (Å²) in [5, 5.41) is 14.0. The second kappa shape index (κ2) is 8.31. The Kier molecular flexibility index (Phi) is 6.68. The first kappa shape index (κ1) is 18.5. The Labute approximate surface area is 147 Å². The lowest BCUT2D eigenvalue weighted by Gasteiger charge is -2.21. The van der Waals surface area contributed by atoms with Gasteiger partial charge in [0.1, 0.15) is 0 Å². The summed E-state index contributed by atoms with van der Waals surface area (Å²) in [5.74, 6) is -0.157. The molecule has 2 rings (SSSR count). The van der Waals surface area contributed by atoms with Gasteiger partial charge in [0.15, 0.2) is 0 Å². The summed E-state index contributed by atoms with van der Waals surface area (Å²) in [6.07, 6.45) is -0.857. The molecule has 1 unspecified atom stereocenters. The first-order valence-corrected chi connectivity index (χ1v) is 8.40. The minimum Gasteiger partial charge on any atom is -0.387 e. The van der Waals surface area contributed by atoms with Crippen LogP contribution in [0.2, 0.25) is 10.0 Å². The number of aliphatic hydroxyl groups excluding tert-OH is 1. The van der Waals surface area contributed by atoms with Gasteiger partial charge in [0.05, 0.1) is 12.0 Å². The summed E-state index contributed by atoms with van der Waals surface area (Å²) in [5.41, 5.74) is 0.562. The Hall–Kier alpha value is -0.850. The quantitative estimate of drug-likeness (QED) is 0.857. The molecule has 0 aliphatic carbocycles. The minimum atomic E-state index is -0.857. The molecule has 128 valence electrons. The van der Waals surface area contributed by atoms with Gasteiger partial charge in [-0.3, -0.25) is 4.79 Å². The molecule has 1 aliphatic heterocycles. The molecule has 1 saturated heterocycles. The lowest BCUT2D eigenvalue weighted by atomic mass is 10.1. The number of rotatable bonds is 4. The highest BCUT2D eigenvalue weighted by Gasteiger charge is 2.25. The van der Waals surface area contributed by atoms with Crippen LogP contribution < -0.4 is 5.32 Å². The standard InChI is InChI=1S/C16H23Cl2N3O2/c1-20-5-6-21(2)10-11(9-20)16(23)19-8-15(22)13-4-3-12(17)7-14(13)18/h3-4,7,11,15,22H,5-6,8-10H2,1-2H3,(H,19,23). The van der Waals surface area contributed by atoms with E-state index in [4.69, 9.17) is 23.2 Å². The highest BCUT2D eigenvalue weighted by atomic mass is 35.5. The molecule has 7 heteroatoms. The summed E-state index contributed by atoms with van der Waals surface area (Å²) in [6.45, 7) is 3.46. The molecule has 0 aromatic heterocycles. The van der Waals surface area contributed by atoms with Crippen molar-refractivity contribution in [2.24, 2.45) is 5.92 Å². The number of nitrogens with one attached hydrogen (secondary N) is 1. The van der Waals surface area contributed by atoms with Crippen molar-refractivity contribution >= 4 is 29.1 Å². The molecule has 0 saturated carbocycles. The van der Waals surface area contributed by atoms with E-state index >= 15 is 0 Å². The third kappa shape index (κ3) is 5.33. The molecular formula is C16H23Cl2N3O2. The Morgan fingerprint density at radius 1 is 1.30 bits per heavy atom. The number of benzene rings is 1. The minimum absolute atomic E-state index is 0.0465. The molecule has 1 amide bonds. The van der Waals surface area contributed by atoms with Crippen molar-refractivity contribution in [3.8, 4) is 0 Å². The maximum atomic E-state index is 12.4. The first-order chi connectivity index (χ1) is 10.9. The van der Waals surface area contributed by atoms with Gasteiger partial charge >= 0.3 is 0 Å². The lowest BCUT2D eigenvalue weighted by Crippen LogP contribution is -2.41. The average molecular weight is 360 g/mol. The maximum Gasteiger partial charge on any atom is 0.225 e. The molecule has 0 bridgehead atoms. The van der Waals surface area contributed by atoms with Gasteiger partial charge in [-0.05, 0) is 26.2 Å². The van der Waals surface area contributed by atoms with Crippen LogP contribution in [0.15, 0.2) is 18.2 Å². The van der Waals surface area contributed by atoms with E-state index < -0.39 is 6.10 Å². The van der Waals surface area contributed by atoms with Gasteiger partial charge in [-0.15, -0.1) is 0 Å². The van der Waals surface area contributed by atoms with E-state index in [1.807, 2.05) is 14.1 Å². The normalized spacial score (nSPS) is 19.3. The van der Waals surface area contributed by atoms with Crippen molar-refractivity contribution in [2.75, 3.05) is 46.8 Å². The van der Waals surface area contributed by atoms with Crippen LogP contribution in [0.4, 0.5) is 0 Å². The van der Waals surface area contributed by atoms with Crippen LogP contribution in [0.1, 0.15) is 11.7 Å². The van der Waals surface area contributed by atoms with Crippen molar-refractivity contribution < 1.29 is 9.90 Å². The number of amides is 1. The van der Waals surface area contributed by atoms with Gasteiger partial charge in [0.2, 0.25) is 5.91 Å². The summed E-state index contributed by atoms with van der Waals surface area (Å²) in [7, 11) is 4.03. The SMILES string of the molecule is CN1CCN(C)CC(C(=O)NCC(O)c2ccc(Cl)cc2Cl)C1. The molecule has 23 heavy (non-hydrogen) atoms. The number of nitrogens with zero attached hydrogens (tertiary/aromatic N) is 2. The highest BCUT2D eigenvalue weighted by molar-refractivity contribution is 6.35. The second-order valence-electron chi connectivity index (χ2n) is 6.15.